The molecule has 2 atom stereocenters. The number of guanidine groups is 1. The zero-order valence-corrected chi connectivity index (χ0v) is 18.6. The summed E-state index contributed by atoms with van der Waals surface area (Å²) in [5, 5.41) is 3.58. The molecule has 2 aliphatic rings. The van der Waals surface area contributed by atoms with Crippen molar-refractivity contribution < 1.29 is 4.74 Å². The van der Waals surface area contributed by atoms with Crippen molar-refractivity contribution in [1.29, 1.82) is 0 Å². The Bertz CT molecular complexity index is 574. The van der Waals surface area contributed by atoms with E-state index in [0.717, 1.165) is 45.4 Å². The van der Waals surface area contributed by atoms with Gasteiger partial charge in [-0.25, -0.2) is 0 Å². The number of ether oxygens (including phenoxy) is 1. The topological polar surface area (TPSA) is 40.1 Å². The van der Waals surface area contributed by atoms with Crippen LogP contribution in [0.5, 0.6) is 0 Å². The van der Waals surface area contributed by atoms with Gasteiger partial charge in [0.25, 0.3) is 0 Å². The molecule has 6 heteroatoms. The first kappa shape index (κ1) is 21.4. The van der Waals surface area contributed by atoms with Crippen molar-refractivity contribution in [2.24, 2.45) is 10.4 Å². The lowest BCUT2D eigenvalue weighted by molar-refractivity contribution is 0.156. The number of likely N-dealkylation sites (N-methyl/N-ethyl adjacent to an activating group) is 1. The van der Waals surface area contributed by atoms with Crippen LogP contribution in [0.15, 0.2) is 35.3 Å². The van der Waals surface area contributed by atoms with Crippen molar-refractivity contribution in [2.45, 2.75) is 32.4 Å². The van der Waals surface area contributed by atoms with E-state index in [2.05, 4.69) is 64.4 Å². The lowest BCUT2D eigenvalue weighted by atomic mass is 9.87. The molecule has 0 saturated carbocycles. The molecular formula is C20H33IN4O. The van der Waals surface area contributed by atoms with E-state index in [-0.39, 0.29) is 24.0 Å². The van der Waals surface area contributed by atoms with Gasteiger partial charge in [-0.05, 0) is 32.4 Å². The molecule has 0 aliphatic carbocycles. The van der Waals surface area contributed by atoms with Gasteiger partial charge < -0.3 is 15.0 Å². The maximum Gasteiger partial charge on any atom is 0.193 e. The van der Waals surface area contributed by atoms with Crippen LogP contribution in [-0.2, 0) is 11.3 Å². The maximum absolute atomic E-state index is 5.64. The van der Waals surface area contributed by atoms with Crippen LogP contribution in [0.4, 0.5) is 0 Å². The Balaban J connectivity index is 0.00000243. The van der Waals surface area contributed by atoms with Crippen LogP contribution in [-0.4, -0.2) is 68.7 Å². The molecule has 3 rings (SSSR count). The van der Waals surface area contributed by atoms with Gasteiger partial charge in [-0.15, -0.1) is 24.0 Å². The molecule has 0 aromatic heterocycles. The first-order chi connectivity index (χ1) is 12.1. The van der Waals surface area contributed by atoms with Gasteiger partial charge in [0.05, 0.1) is 6.61 Å². The lowest BCUT2D eigenvalue weighted by Gasteiger charge is -2.29. The Morgan fingerprint density at radius 3 is 2.77 bits per heavy atom. The molecule has 0 radical (unpaired) electrons. The average molecular weight is 472 g/mol. The fraction of sp³-hybridized carbons (Fsp3) is 0.650. The van der Waals surface area contributed by atoms with Gasteiger partial charge in [-0.1, -0.05) is 30.3 Å². The molecule has 0 amide bonds. The van der Waals surface area contributed by atoms with Crippen LogP contribution >= 0.6 is 24.0 Å². The van der Waals surface area contributed by atoms with Crippen molar-refractivity contribution >= 4 is 29.9 Å². The molecule has 2 aliphatic heterocycles. The van der Waals surface area contributed by atoms with E-state index in [4.69, 9.17) is 4.74 Å². The SMILES string of the molecule is CN=C(NCC(C)N(C)Cc1ccccc1)N1CCC2(CCOC2)C1.I. The summed E-state index contributed by atoms with van der Waals surface area (Å²) in [5.74, 6) is 1.03. The van der Waals surface area contributed by atoms with Gasteiger partial charge in [-0.2, -0.15) is 0 Å². The fourth-order valence-electron chi connectivity index (χ4n) is 3.84. The molecule has 1 aromatic carbocycles. The van der Waals surface area contributed by atoms with Crippen molar-refractivity contribution in [3.05, 3.63) is 35.9 Å². The first-order valence-electron chi connectivity index (χ1n) is 9.39. The monoisotopic (exact) mass is 472 g/mol. The summed E-state index contributed by atoms with van der Waals surface area (Å²) in [5.41, 5.74) is 1.72. The summed E-state index contributed by atoms with van der Waals surface area (Å²) in [4.78, 5) is 9.29. The largest absolute Gasteiger partial charge is 0.381 e. The second kappa shape index (κ2) is 9.90. The molecular weight excluding hydrogens is 439 g/mol. The van der Waals surface area contributed by atoms with Crippen LogP contribution in [0.3, 0.4) is 0 Å². The molecule has 1 spiro atoms. The molecule has 2 unspecified atom stereocenters. The Kier molecular flexibility index (Phi) is 8.16. The highest BCUT2D eigenvalue weighted by atomic mass is 127. The Labute approximate surface area is 175 Å². The van der Waals surface area contributed by atoms with E-state index >= 15 is 0 Å². The summed E-state index contributed by atoms with van der Waals surface area (Å²) in [6.45, 7) is 8.11. The number of benzene rings is 1. The highest BCUT2D eigenvalue weighted by Gasteiger charge is 2.42. The second-order valence-corrected chi connectivity index (χ2v) is 7.65. The molecule has 1 aromatic rings. The van der Waals surface area contributed by atoms with Gasteiger partial charge >= 0.3 is 0 Å². The minimum absolute atomic E-state index is 0. The summed E-state index contributed by atoms with van der Waals surface area (Å²) in [7, 11) is 4.07. The van der Waals surface area contributed by atoms with Crippen molar-refractivity contribution in [3.8, 4) is 0 Å². The molecule has 2 saturated heterocycles. The highest BCUT2D eigenvalue weighted by molar-refractivity contribution is 14.0. The van der Waals surface area contributed by atoms with E-state index < -0.39 is 0 Å². The summed E-state index contributed by atoms with van der Waals surface area (Å²) < 4.78 is 5.64. The minimum atomic E-state index is 0. The number of nitrogens with zero attached hydrogens (tertiary/aromatic N) is 3. The van der Waals surface area contributed by atoms with E-state index in [1.165, 1.54) is 18.4 Å². The number of aliphatic imine (C=N–C) groups is 1. The maximum atomic E-state index is 5.64. The Morgan fingerprint density at radius 2 is 2.12 bits per heavy atom. The van der Waals surface area contributed by atoms with Crippen molar-refractivity contribution in [3.63, 3.8) is 0 Å². The number of nitrogens with one attached hydrogen (secondary N) is 1. The second-order valence-electron chi connectivity index (χ2n) is 7.65. The third-order valence-electron chi connectivity index (χ3n) is 5.72. The first-order valence-corrected chi connectivity index (χ1v) is 9.39. The van der Waals surface area contributed by atoms with E-state index in [1.807, 2.05) is 7.05 Å². The van der Waals surface area contributed by atoms with Crippen LogP contribution in [0, 0.1) is 5.41 Å². The summed E-state index contributed by atoms with van der Waals surface area (Å²) in [6, 6.07) is 11.1. The predicted octanol–water partition coefficient (Wildman–Crippen LogP) is 2.81. The lowest BCUT2D eigenvalue weighted by Crippen LogP contribution is -2.46. The normalized spacial score (nSPS) is 24.2. The van der Waals surface area contributed by atoms with E-state index in [1.54, 1.807) is 0 Å². The predicted molar refractivity (Wildman–Crippen MR) is 118 cm³/mol. The fourth-order valence-corrected chi connectivity index (χ4v) is 3.84. The van der Waals surface area contributed by atoms with Crippen LogP contribution in [0.2, 0.25) is 0 Å². The van der Waals surface area contributed by atoms with Crippen LogP contribution in [0.1, 0.15) is 25.3 Å². The quantitative estimate of drug-likeness (QED) is 0.407. The summed E-state index contributed by atoms with van der Waals surface area (Å²) >= 11 is 0. The number of halogens is 1. The average Bonchev–Trinajstić information content (AvgIpc) is 3.26. The van der Waals surface area contributed by atoms with Gasteiger partial charge in [0.15, 0.2) is 5.96 Å². The Morgan fingerprint density at radius 1 is 1.35 bits per heavy atom. The van der Waals surface area contributed by atoms with Crippen molar-refractivity contribution in [2.75, 3.05) is 46.9 Å². The molecule has 2 heterocycles. The van der Waals surface area contributed by atoms with Gasteiger partial charge in [-0.3, -0.25) is 9.89 Å². The molecule has 2 fully saturated rings. The van der Waals surface area contributed by atoms with Crippen LogP contribution in [0.25, 0.3) is 0 Å². The van der Waals surface area contributed by atoms with Gasteiger partial charge in [0, 0.05) is 51.3 Å². The number of hydrogen-bond acceptors (Lipinski definition) is 3. The molecule has 1 N–H and O–H groups in total. The summed E-state index contributed by atoms with van der Waals surface area (Å²) in [6.07, 6.45) is 2.41. The zero-order valence-electron chi connectivity index (χ0n) is 16.3. The standard InChI is InChI=1S/C20H32N4O.HI/c1-17(23(3)14-18-7-5-4-6-8-18)13-22-19(21-2)24-11-9-20(15-24)10-12-25-16-20;/h4-8,17H,9-16H2,1-3H3,(H,21,22);1H. The van der Waals surface area contributed by atoms with Crippen molar-refractivity contribution in [1.82, 2.24) is 15.1 Å². The third-order valence-corrected chi connectivity index (χ3v) is 5.72. The zero-order chi connectivity index (χ0) is 17.7. The Hall–Kier alpha value is -0.860. The smallest absolute Gasteiger partial charge is 0.193 e. The number of rotatable bonds is 5. The number of likely N-dealkylation sites (tertiary alicyclic amines) is 1. The van der Waals surface area contributed by atoms with Crippen LogP contribution < -0.4 is 5.32 Å². The number of hydrogen-bond donors (Lipinski definition) is 1. The highest BCUT2D eigenvalue weighted by Crippen LogP contribution is 2.38. The van der Waals surface area contributed by atoms with Gasteiger partial charge in [0.2, 0.25) is 0 Å². The third kappa shape index (κ3) is 5.33. The molecule has 5 nitrogen and oxygen atoms in total. The molecule has 26 heavy (non-hydrogen) atoms. The molecule has 146 valence electrons. The van der Waals surface area contributed by atoms with E-state index in [9.17, 15) is 0 Å². The minimum Gasteiger partial charge on any atom is -0.381 e. The molecule has 0 bridgehead atoms. The van der Waals surface area contributed by atoms with E-state index in [0.29, 0.717) is 11.5 Å². The van der Waals surface area contributed by atoms with Gasteiger partial charge in [0.1, 0.15) is 0 Å².